The normalized spacial score (nSPS) is 13.6. The van der Waals surface area contributed by atoms with Crippen LogP contribution in [0.25, 0.3) is 10.9 Å². The Labute approximate surface area is 187 Å². The van der Waals surface area contributed by atoms with E-state index in [0.717, 1.165) is 49.1 Å². The van der Waals surface area contributed by atoms with Crippen molar-refractivity contribution >= 4 is 34.2 Å². The van der Waals surface area contributed by atoms with Crippen molar-refractivity contribution in [3.8, 4) is 5.75 Å². The van der Waals surface area contributed by atoms with E-state index in [1.165, 1.54) is 0 Å². The fourth-order valence-corrected chi connectivity index (χ4v) is 3.86. The molecule has 3 aromatic rings. The third-order valence-corrected chi connectivity index (χ3v) is 5.55. The smallest absolute Gasteiger partial charge is 0.338 e. The van der Waals surface area contributed by atoms with Crippen molar-refractivity contribution in [1.82, 2.24) is 9.88 Å². The van der Waals surface area contributed by atoms with Gasteiger partial charge < -0.3 is 19.7 Å². The lowest BCUT2D eigenvalue weighted by Crippen LogP contribution is -2.36. The highest BCUT2D eigenvalue weighted by atomic mass is 16.5. The Morgan fingerprint density at radius 2 is 1.78 bits per heavy atom. The number of ether oxygens (including phenoxy) is 2. The van der Waals surface area contributed by atoms with Gasteiger partial charge in [0.15, 0.2) is 0 Å². The van der Waals surface area contributed by atoms with E-state index in [4.69, 9.17) is 9.47 Å². The van der Waals surface area contributed by atoms with E-state index >= 15 is 0 Å². The summed E-state index contributed by atoms with van der Waals surface area (Å²) in [5.74, 6) is 0.297. The van der Waals surface area contributed by atoms with Crippen LogP contribution in [0.4, 0.5) is 11.4 Å². The van der Waals surface area contributed by atoms with Gasteiger partial charge in [0.1, 0.15) is 11.4 Å². The van der Waals surface area contributed by atoms with Crippen molar-refractivity contribution in [2.75, 3.05) is 32.1 Å². The number of anilines is 2. The fourth-order valence-electron chi connectivity index (χ4n) is 3.86. The number of amides is 1. The summed E-state index contributed by atoms with van der Waals surface area (Å²) in [6, 6.07) is 14.4. The maximum absolute atomic E-state index is 13.1. The van der Waals surface area contributed by atoms with Crippen LogP contribution < -0.4 is 10.1 Å². The lowest BCUT2D eigenvalue weighted by Gasteiger charge is -2.26. The van der Waals surface area contributed by atoms with Crippen molar-refractivity contribution in [3.63, 3.8) is 0 Å². The first-order chi connectivity index (χ1) is 15.6. The first-order valence-corrected chi connectivity index (χ1v) is 10.9. The number of piperidine rings is 1. The van der Waals surface area contributed by atoms with Gasteiger partial charge in [-0.05, 0) is 74.7 Å². The van der Waals surface area contributed by atoms with Crippen LogP contribution in [0.3, 0.4) is 0 Å². The van der Waals surface area contributed by atoms with Gasteiger partial charge in [0.25, 0.3) is 5.91 Å². The van der Waals surface area contributed by atoms with Gasteiger partial charge in [-0.1, -0.05) is 0 Å². The number of esters is 1. The van der Waals surface area contributed by atoms with Crippen LogP contribution in [0.5, 0.6) is 5.75 Å². The van der Waals surface area contributed by atoms with E-state index < -0.39 is 0 Å². The van der Waals surface area contributed by atoms with E-state index in [-0.39, 0.29) is 11.9 Å². The first kappa shape index (κ1) is 21.6. The van der Waals surface area contributed by atoms with E-state index in [1.54, 1.807) is 32.2 Å². The summed E-state index contributed by atoms with van der Waals surface area (Å²) in [6.07, 6.45) is 3.20. The maximum Gasteiger partial charge on any atom is 0.338 e. The monoisotopic (exact) mass is 433 g/mol. The lowest BCUT2D eigenvalue weighted by molar-refractivity contribution is 0.0526. The molecule has 1 fully saturated rings. The highest BCUT2D eigenvalue weighted by Gasteiger charge is 2.21. The third kappa shape index (κ3) is 4.66. The van der Waals surface area contributed by atoms with Crippen LogP contribution in [0, 0.1) is 0 Å². The number of nitrogens with zero attached hydrogens (tertiary/aromatic N) is 2. The molecule has 0 spiro atoms. The highest BCUT2D eigenvalue weighted by molar-refractivity contribution is 6.01. The Bertz CT molecular complexity index is 1120. The van der Waals surface area contributed by atoms with Gasteiger partial charge in [0.05, 0.1) is 30.5 Å². The van der Waals surface area contributed by atoms with Gasteiger partial charge in [-0.2, -0.15) is 0 Å². The highest BCUT2D eigenvalue weighted by Crippen LogP contribution is 2.30. The summed E-state index contributed by atoms with van der Waals surface area (Å²) in [5.41, 5.74) is 3.14. The molecule has 4 rings (SSSR count). The number of aromatic nitrogens is 1. The Hall–Kier alpha value is -3.61. The Morgan fingerprint density at radius 3 is 2.47 bits per heavy atom. The standard InChI is InChI=1S/C25H27N3O4/c1-3-32-25(30)17-7-9-18(10-8-17)26-22-16-23(24(29)28-13-5-4-6-14-28)27-21-12-11-19(31-2)15-20(21)22/h7-12,15-16H,3-6,13-14H2,1-2H3,(H,26,27). The number of benzene rings is 2. The molecule has 0 aliphatic carbocycles. The largest absolute Gasteiger partial charge is 0.497 e. The van der Waals surface area contributed by atoms with Gasteiger partial charge in [-0.3, -0.25) is 4.79 Å². The topological polar surface area (TPSA) is 80.8 Å². The Morgan fingerprint density at radius 1 is 1.03 bits per heavy atom. The van der Waals surface area contributed by atoms with Crippen molar-refractivity contribution in [2.24, 2.45) is 0 Å². The SMILES string of the molecule is CCOC(=O)c1ccc(Nc2cc(C(=O)N3CCCCC3)nc3ccc(OC)cc23)cc1. The van der Waals surface area contributed by atoms with Crippen LogP contribution in [0.1, 0.15) is 47.0 Å². The summed E-state index contributed by atoms with van der Waals surface area (Å²) < 4.78 is 10.4. The maximum atomic E-state index is 13.1. The number of pyridine rings is 1. The molecule has 1 saturated heterocycles. The van der Waals surface area contributed by atoms with Crippen molar-refractivity contribution in [2.45, 2.75) is 26.2 Å². The van der Waals surface area contributed by atoms with E-state index in [0.29, 0.717) is 29.1 Å². The van der Waals surface area contributed by atoms with Crippen LogP contribution in [-0.4, -0.2) is 48.6 Å². The minimum absolute atomic E-state index is 0.0527. The molecule has 0 saturated carbocycles. The molecule has 0 atom stereocenters. The van der Waals surface area contributed by atoms with Gasteiger partial charge in [-0.15, -0.1) is 0 Å². The van der Waals surface area contributed by atoms with Gasteiger partial charge in [0.2, 0.25) is 0 Å². The Kier molecular flexibility index (Phi) is 6.54. The lowest BCUT2D eigenvalue weighted by atomic mass is 10.1. The Balaban J connectivity index is 1.69. The minimum atomic E-state index is -0.354. The van der Waals surface area contributed by atoms with Gasteiger partial charge in [-0.25, -0.2) is 9.78 Å². The molecule has 166 valence electrons. The molecule has 1 N–H and O–H groups in total. The van der Waals surface area contributed by atoms with Crippen molar-refractivity contribution in [3.05, 3.63) is 59.8 Å². The second-order valence-corrected chi connectivity index (χ2v) is 7.71. The van der Waals surface area contributed by atoms with E-state index in [9.17, 15) is 9.59 Å². The average Bonchev–Trinajstić information content (AvgIpc) is 2.84. The average molecular weight is 434 g/mol. The molecule has 1 aliphatic rings. The molecule has 0 bridgehead atoms. The molecule has 7 nitrogen and oxygen atoms in total. The molecular formula is C25H27N3O4. The number of nitrogens with one attached hydrogen (secondary N) is 1. The quantitative estimate of drug-likeness (QED) is 0.563. The van der Waals surface area contributed by atoms with Crippen LogP contribution in [0.15, 0.2) is 48.5 Å². The van der Waals surface area contributed by atoms with Crippen LogP contribution in [0.2, 0.25) is 0 Å². The zero-order valence-corrected chi connectivity index (χ0v) is 18.4. The number of fused-ring (bicyclic) bond motifs is 1. The number of likely N-dealkylation sites (tertiary alicyclic amines) is 1. The number of hydrogen-bond donors (Lipinski definition) is 1. The summed E-state index contributed by atoms with van der Waals surface area (Å²) in [5, 5.41) is 4.22. The fraction of sp³-hybridized carbons (Fsp3) is 0.320. The van der Waals surface area contributed by atoms with Crippen LogP contribution >= 0.6 is 0 Å². The summed E-state index contributed by atoms with van der Waals surface area (Å²) >= 11 is 0. The van der Waals surface area contributed by atoms with Crippen molar-refractivity contribution in [1.29, 1.82) is 0 Å². The van der Waals surface area contributed by atoms with Crippen LogP contribution in [-0.2, 0) is 4.74 Å². The summed E-state index contributed by atoms with van der Waals surface area (Å²) in [4.78, 5) is 31.5. The molecule has 0 radical (unpaired) electrons. The summed E-state index contributed by atoms with van der Waals surface area (Å²) in [6.45, 7) is 3.63. The molecule has 7 heteroatoms. The number of hydrogen-bond acceptors (Lipinski definition) is 6. The minimum Gasteiger partial charge on any atom is -0.497 e. The van der Waals surface area contributed by atoms with Gasteiger partial charge in [0, 0.05) is 24.2 Å². The second kappa shape index (κ2) is 9.68. The molecule has 32 heavy (non-hydrogen) atoms. The zero-order valence-electron chi connectivity index (χ0n) is 18.4. The number of methoxy groups -OCH3 is 1. The number of carbonyl (C=O) groups is 2. The molecule has 1 aliphatic heterocycles. The van der Waals surface area contributed by atoms with E-state index in [1.807, 2.05) is 35.2 Å². The zero-order chi connectivity index (χ0) is 22.5. The molecule has 2 aromatic carbocycles. The third-order valence-electron chi connectivity index (χ3n) is 5.55. The summed E-state index contributed by atoms with van der Waals surface area (Å²) in [7, 11) is 1.62. The molecule has 2 heterocycles. The number of rotatable bonds is 6. The molecule has 1 amide bonds. The second-order valence-electron chi connectivity index (χ2n) is 7.71. The molecule has 1 aromatic heterocycles. The first-order valence-electron chi connectivity index (χ1n) is 10.9. The molecule has 0 unspecified atom stereocenters. The van der Waals surface area contributed by atoms with E-state index in [2.05, 4.69) is 10.3 Å². The predicted molar refractivity (Wildman–Crippen MR) is 124 cm³/mol. The predicted octanol–water partition coefficient (Wildman–Crippen LogP) is 4.79. The number of carbonyl (C=O) groups excluding carboxylic acids is 2. The van der Waals surface area contributed by atoms with Gasteiger partial charge >= 0.3 is 5.97 Å². The molecular weight excluding hydrogens is 406 g/mol. The van der Waals surface area contributed by atoms with Crippen molar-refractivity contribution < 1.29 is 19.1 Å².